The number of carbonyl (C=O) groups is 1. The van der Waals surface area contributed by atoms with Crippen molar-refractivity contribution >= 4 is 5.78 Å². The molecule has 0 aromatic heterocycles. The summed E-state index contributed by atoms with van der Waals surface area (Å²) in [6.45, 7) is 7.13. The van der Waals surface area contributed by atoms with Gasteiger partial charge in [0.25, 0.3) is 0 Å². The molecule has 0 spiro atoms. The van der Waals surface area contributed by atoms with E-state index < -0.39 is 0 Å². The molecule has 3 rings (SSSR count). The summed E-state index contributed by atoms with van der Waals surface area (Å²) >= 11 is 0. The van der Waals surface area contributed by atoms with Crippen molar-refractivity contribution in [2.24, 2.45) is 5.92 Å². The highest BCUT2D eigenvalue weighted by Gasteiger charge is 2.21. The maximum absolute atomic E-state index is 11.5. The monoisotopic (exact) mass is 420 g/mol. The lowest BCUT2D eigenvalue weighted by molar-refractivity contribution is 0.104. The van der Waals surface area contributed by atoms with E-state index in [1.165, 1.54) is 50.2 Å². The average molecular weight is 421 g/mol. The van der Waals surface area contributed by atoms with Gasteiger partial charge < -0.3 is 9.47 Å². The summed E-state index contributed by atoms with van der Waals surface area (Å²) in [5.41, 5.74) is 2.10. The fraction of sp³-hybridized carbons (Fsp3) is 0.464. The first-order valence-corrected chi connectivity index (χ1v) is 11.8. The summed E-state index contributed by atoms with van der Waals surface area (Å²) in [5, 5.41) is 0. The quantitative estimate of drug-likeness (QED) is 0.204. The Labute approximate surface area is 187 Å². The molecule has 0 saturated heterocycles. The van der Waals surface area contributed by atoms with Crippen molar-refractivity contribution in [3.05, 3.63) is 72.3 Å². The third-order valence-corrected chi connectivity index (χ3v) is 6.30. The van der Waals surface area contributed by atoms with Gasteiger partial charge in [-0.25, -0.2) is 0 Å². The van der Waals surface area contributed by atoms with Crippen LogP contribution < -0.4 is 9.47 Å². The topological polar surface area (TPSA) is 35.5 Å². The highest BCUT2D eigenvalue weighted by Crippen LogP contribution is 2.37. The van der Waals surface area contributed by atoms with Gasteiger partial charge in [0.2, 0.25) is 0 Å². The van der Waals surface area contributed by atoms with Crippen molar-refractivity contribution in [1.29, 1.82) is 0 Å². The van der Waals surface area contributed by atoms with Crippen molar-refractivity contribution in [2.45, 2.75) is 64.2 Å². The summed E-state index contributed by atoms with van der Waals surface area (Å²) in [6.07, 6.45) is 11.3. The number of unbranched alkanes of at least 4 members (excludes halogenated alkanes) is 1. The van der Waals surface area contributed by atoms with Crippen molar-refractivity contribution in [1.82, 2.24) is 0 Å². The number of ether oxygens (including phenoxy) is 2. The first-order chi connectivity index (χ1) is 15.2. The molecular weight excluding hydrogens is 384 g/mol. The lowest BCUT2D eigenvalue weighted by Gasteiger charge is -2.28. The van der Waals surface area contributed by atoms with E-state index in [1.54, 1.807) is 12.1 Å². The molecule has 166 valence electrons. The molecule has 3 heteroatoms. The van der Waals surface area contributed by atoms with Crippen LogP contribution in [-0.4, -0.2) is 19.0 Å². The van der Waals surface area contributed by atoms with Gasteiger partial charge >= 0.3 is 0 Å². The fourth-order valence-electron chi connectivity index (χ4n) is 4.45. The molecule has 0 N–H and O–H groups in total. The molecule has 1 saturated carbocycles. The molecule has 1 aliphatic carbocycles. The SMILES string of the molecule is C=CC(=O)c1ccc(OCCCCOc2ccc(C3CCC(CCC)CC3)cc2)cc1. The molecule has 0 amide bonds. The van der Waals surface area contributed by atoms with Gasteiger partial charge in [-0.15, -0.1) is 0 Å². The zero-order chi connectivity index (χ0) is 21.9. The Kier molecular flexibility index (Phi) is 9.20. The van der Waals surface area contributed by atoms with Gasteiger partial charge in [0.1, 0.15) is 11.5 Å². The molecule has 31 heavy (non-hydrogen) atoms. The smallest absolute Gasteiger partial charge is 0.185 e. The Balaban J connectivity index is 1.30. The van der Waals surface area contributed by atoms with Crippen LogP contribution in [0.15, 0.2) is 61.2 Å². The minimum Gasteiger partial charge on any atom is -0.494 e. The van der Waals surface area contributed by atoms with Crippen LogP contribution in [0.2, 0.25) is 0 Å². The van der Waals surface area contributed by atoms with E-state index in [0.717, 1.165) is 36.2 Å². The van der Waals surface area contributed by atoms with Crippen LogP contribution in [0, 0.1) is 5.92 Å². The lowest BCUT2D eigenvalue weighted by atomic mass is 9.77. The van der Waals surface area contributed by atoms with E-state index in [-0.39, 0.29) is 5.78 Å². The Morgan fingerprint density at radius 1 is 0.903 bits per heavy atom. The zero-order valence-electron chi connectivity index (χ0n) is 18.9. The van der Waals surface area contributed by atoms with Crippen LogP contribution in [0.3, 0.4) is 0 Å². The Bertz CT molecular complexity index is 799. The molecule has 0 atom stereocenters. The standard InChI is InChI=1S/C28H36O3/c1-3-7-22-8-10-23(11-9-22)24-12-16-26(17-13-24)30-20-5-6-21-31-27-18-14-25(15-19-27)28(29)4-2/h4,12-19,22-23H,2-3,5-11,20-21H2,1H3. The third-order valence-electron chi connectivity index (χ3n) is 6.30. The summed E-state index contributed by atoms with van der Waals surface area (Å²) in [4.78, 5) is 11.5. The second kappa shape index (κ2) is 12.3. The van der Waals surface area contributed by atoms with Crippen molar-refractivity contribution in [2.75, 3.05) is 13.2 Å². The summed E-state index contributed by atoms with van der Waals surface area (Å²) in [6, 6.07) is 15.9. The van der Waals surface area contributed by atoms with E-state index in [4.69, 9.17) is 9.47 Å². The molecule has 3 nitrogen and oxygen atoms in total. The van der Waals surface area contributed by atoms with Crippen LogP contribution in [0.1, 0.15) is 80.1 Å². The second-order valence-corrected chi connectivity index (χ2v) is 8.57. The highest BCUT2D eigenvalue weighted by atomic mass is 16.5. The minimum absolute atomic E-state index is 0.0731. The van der Waals surface area contributed by atoms with E-state index in [9.17, 15) is 4.79 Å². The maximum atomic E-state index is 11.5. The largest absolute Gasteiger partial charge is 0.494 e. The molecule has 0 heterocycles. The first-order valence-electron chi connectivity index (χ1n) is 11.8. The molecule has 0 unspecified atom stereocenters. The van der Waals surface area contributed by atoms with Crippen molar-refractivity contribution < 1.29 is 14.3 Å². The molecular formula is C28H36O3. The van der Waals surface area contributed by atoms with Crippen LogP contribution in [0.4, 0.5) is 0 Å². The predicted molar refractivity (Wildman–Crippen MR) is 127 cm³/mol. The Morgan fingerprint density at radius 2 is 1.45 bits per heavy atom. The summed E-state index contributed by atoms with van der Waals surface area (Å²) in [5.74, 6) is 3.33. The number of hydrogen-bond donors (Lipinski definition) is 0. The minimum atomic E-state index is -0.0731. The van der Waals surface area contributed by atoms with Crippen LogP contribution >= 0.6 is 0 Å². The number of ketones is 1. The van der Waals surface area contributed by atoms with Gasteiger partial charge in [0, 0.05) is 5.56 Å². The van der Waals surface area contributed by atoms with Gasteiger partial charge in [0.15, 0.2) is 5.78 Å². The van der Waals surface area contributed by atoms with Crippen molar-refractivity contribution in [3.63, 3.8) is 0 Å². The zero-order valence-corrected chi connectivity index (χ0v) is 18.9. The van der Waals surface area contributed by atoms with Crippen LogP contribution in [0.25, 0.3) is 0 Å². The van der Waals surface area contributed by atoms with E-state index >= 15 is 0 Å². The number of carbonyl (C=O) groups excluding carboxylic acids is 1. The normalized spacial score (nSPS) is 18.4. The molecule has 0 aliphatic heterocycles. The molecule has 0 bridgehead atoms. The molecule has 0 radical (unpaired) electrons. The van der Waals surface area contributed by atoms with E-state index in [1.807, 2.05) is 12.1 Å². The third kappa shape index (κ3) is 7.27. The predicted octanol–water partition coefficient (Wildman–Crippen LogP) is 7.37. The number of benzene rings is 2. The molecule has 2 aromatic carbocycles. The number of allylic oxidation sites excluding steroid dienone is 1. The van der Waals surface area contributed by atoms with Gasteiger partial charge in [-0.2, -0.15) is 0 Å². The number of hydrogen-bond acceptors (Lipinski definition) is 3. The lowest BCUT2D eigenvalue weighted by Crippen LogP contribution is -2.13. The maximum Gasteiger partial charge on any atom is 0.185 e. The summed E-state index contributed by atoms with van der Waals surface area (Å²) in [7, 11) is 0. The first kappa shape index (κ1) is 23.1. The fourth-order valence-corrected chi connectivity index (χ4v) is 4.45. The average Bonchev–Trinajstić information content (AvgIpc) is 2.82. The molecule has 1 fully saturated rings. The highest BCUT2D eigenvalue weighted by molar-refractivity contribution is 6.04. The van der Waals surface area contributed by atoms with Gasteiger partial charge in [0.05, 0.1) is 13.2 Å². The van der Waals surface area contributed by atoms with Crippen LogP contribution in [0.5, 0.6) is 11.5 Å². The molecule has 1 aliphatic rings. The van der Waals surface area contributed by atoms with E-state index in [0.29, 0.717) is 18.8 Å². The van der Waals surface area contributed by atoms with Gasteiger partial charge in [-0.05, 0) is 98.4 Å². The van der Waals surface area contributed by atoms with Crippen LogP contribution in [-0.2, 0) is 0 Å². The number of rotatable bonds is 12. The van der Waals surface area contributed by atoms with Gasteiger partial charge in [-0.3, -0.25) is 4.79 Å². The molecule has 2 aromatic rings. The Morgan fingerprint density at radius 3 is 1.97 bits per heavy atom. The van der Waals surface area contributed by atoms with E-state index in [2.05, 4.69) is 37.8 Å². The van der Waals surface area contributed by atoms with Crippen molar-refractivity contribution in [3.8, 4) is 11.5 Å². The second-order valence-electron chi connectivity index (χ2n) is 8.57. The van der Waals surface area contributed by atoms with Gasteiger partial charge in [-0.1, -0.05) is 38.5 Å². The Hall–Kier alpha value is -2.55. The summed E-state index contributed by atoms with van der Waals surface area (Å²) < 4.78 is 11.6.